The maximum atomic E-state index is 13.9. The van der Waals surface area contributed by atoms with Gasteiger partial charge in [0.25, 0.3) is 0 Å². The van der Waals surface area contributed by atoms with Crippen molar-refractivity contribution in [2.75, 3.05) is 6.54 Å². The third kappa shape index (κ3) is 10.8. The Morgan fingerprint density at radius 2 is 1.77 bits per heavy atom. The highest BCUT2D eigenvalue weighted by Gasteiger charge is 2.36. The summed E-state index contributed by atoms with van der Waals surface area (Å²) in [5.41, 5.74) is 6.17. The zero-order chi connectivity index (χ0) is 26.8. The molecule has 0 saturated heterocycles. The van der Waals surface area contributed by atoms with Gasteiger partial charge in [-0.1, -0.05) is 43.2 Å². The number of hydrogen-bond acceptors (Lipinski definition) is 5. The van der Waals surface area contributed by atoms with Crippen molar-refractivity contribution in [3.63, 3.8) is 0 Å². The molecule has 4 N–H and O–H groups in total. The van der Waals surface area contributed by atoms with E-state index in [0.29, 0.717) is 18.5 Å². The van der Waals surface area contributed by atoms with E-state index in [1.54, 1.807) is 20.8 Å². The van der Waals surface area contributed by atoms with Crippen LogP contribution in [-0.2, 0) is 19.1 Å². The molecule has 1 rings (SSSR count). The molecule has 0 aromatic heterocycles. The number of aryl methyl sites for hydroxylation is 1. The van der Waals surface area contributed by atoms with Gasteiger partial charge in [0, 0.05) is 19.0 Å². The molecular weight excluding hydrogens is 448 g/mol. The summed E-state index contributed by atoms with van der Waals surface area (Å²) >= 11 is 0. The Balaban J connectivity index is 3.46. The van der Waals surface area contributed by atoms with Gasteiger partial charge in [-0.25, -0.2) is 4.79 Å². The van der Waals surface area contributed by atoms with Crippen molar-refractivity contribution < 1.29 is 23.9 Å². The van der Waals surface area contributed by atoms with E-state index in [4.69, 9.17) is 10.5 Å². The number of nitrogens with two attached hydrogens (primary N) is 1. The first-order valence-corrected chi connectivity index (χ1v) is 12.2. The monoisotopic (exact) mass is 490 g/mol. The standard InChI is InChI=1S/C26H42N4O5/c1-8-9-15-30(22(23(32)28-17(2)3)19-12-10-11-18(4)16-19)24(33)20(13-14-21(27)31)29-25(34)35-26(5,6)7/h10-12,16-17,20,22H,8-9,13-15H2,1-7H3,(H2,27,31)(H,28,32)(H,29,34). The predicted molar refractivity (Wildman–Crippen MR) is 135 cm³/mol. The van der Waals surface area contributed by atoms with Gasteiger partial charge in [-0.3, -0.25) is 14.4 Å². The second-order valence-electron chi connectivity index (χ2n) is 10.1. The second kappa shape index (κ2) is 13.7. The molecule has 0 fully saturated rings. The zero-order valence-electron chi connectivity index (χ0n) is 22.1. The number of alkyl carbamates (subject to hydrolysis) is 1. The van der Waals surface area contributed by atoms with Crippen LogP contribution in [0.4, 0.5) is 4.79 Å². The number of benzene rings is 1. The van der Waals surface area contributed by atoms with E-state index < -0.39 is 35.6 Å². The quantitative estimate of drug-likeness (QED) is 0.414. The highest BCUT2D eigenvalue weighted by molar-refractivity contribution is 5.92. The molecule has 9 heteroatoms. The van der Waals surface area contributed by atoms with Crippen LogP contribution in [0.1, 0.15) is 84.4 Å². The number of nitrogens with zero attached hydrogens (tertiary/aromatic N) is 1. The van der Waals surface area contributed by atoms with E-state index in [1.165, 1.54) is 4.90 Å². The van der Waals surface area contributed by atoms with Gasteiger partial charge in [-0.15, -0.1) is 0 Å². The fourth-order valence-corrected chi connectivity index (χ4v) is 3.57. The molecular formula is C26H42N4O5. The van der Waals surface area contributed by atoms with E-state index in [0.717, 1.165) is 12.0 Å². The molecule has 0 aliphatic rings. The SMILES string of the molecule is CCCCN(C(=O)C(CCC(N)=O)NC(=O)OC(C)(C)C)C(C(=O)NC(C)C)c1cccc(C)c1. The normalized spacial score (nSPS) is 13.0. The van der Waals surface area contributed by atoms with Crippen molar-refractivity contribution >= 4 is 23.8 Å². The minimum atomic E-state index is -1.09. The number of carbonyl (C=O) groups excluding carboxylic acids is 4. The van der Waals surface area contributed by atoms with Crippen molar-refractivity contribution in [2.45, 2.75) is 97.9 Å². The fraction of sp³-hybridized carbons (Fsp3) is 0.615. The summed E-state index contributed by atoms with van der Waals surface area (Å²) < 4.78 is 5.33. The zero-order valence-corrected chi connectivity index (χ0v) is 22.1. The summed E-state index contributed by atoms with van der Waals surface area (Å²) in [5, 5.41) is 5.51. The summed E-state index contributed by atoms with van der Waals surface area (Å²) in [6.07, 6.45) is 0.540. The molecule has 1 aromatic rings. The lowest BCUT2D eigenvalue weighted by Gasteiger charge is -2.35. The lowest BCUT2D eigenvalue weighted by molar-refractivity contribution is -0.143. The van der Waals surface area contributed by atoms with Crippen LogP contribution in [0, 0.1) is 6.92 Å². The van der Waals surface area contributed by atoms with Gasteiger partial charge in [0.1, 0.15) is 17.7 Å². The van der Waals surface area contributed by atoms with Gasteiger partial charge < -0.3 is 26.0 Å². The van der Waals surface area contributed by atoms with E-state index in [-0.39, 0.29) is 24.8 Å². The Morgan fingerprint density at radius 3 is 2.29 bits per heavy atom. The van der Waals surface area contributed by atoms with Crippen molar-refractivity contribution in [2.24, 2.45) is 5.73 Å². The predicted octanol–water partition coefficient (Wildman–Crippen LogP) is 3.35. The molecule has 0 saturated carbocycles. The largest absolute Gasteiger partial charge is 0.444 e. The van der Waals surface area contributed by atoms with Gasteiger partial charge in [-0.2, -0.15) is 0 Å². The summed E-state index contributed by atoms with van der Waals surface area (Å²) in [4.78, 5) is 52.8. The highest BCUT2D eigenvalue weighted by Crippen LogP contribution is 2.25. The summed E-state index contributed by atoms with van der Waals surface area (Å²) in [6, 6.07) is 5.30. The second-order valence-corrected chi connectivity index (χ2v) is 10.1. The number of hydrogen-bond donors (Lipinski definition) is 3. The number of unbranched alkanes of at least 4 members (excludes halogenated alkanes) is 1. The summed E-state index contributed by atoms with van der Waals surface area (Å²) in [7, 11) is 0. The van der Waals surface area contributed by atoms with Crippen LogP contribution in [0.5, 0.6) is 0 Å². The van der Waals surface area contributed by atoms with Gasteiger partial charge in [0.05, 0.1) is 0 Å². The van der Waals surface area contributed by atoms with Crippen LogP contribution in [0.2, 0.25) is 0 Å². The topological polar surface area (TPSA) is 131 Å². The first-order chi connectivity index (χ1) is 16.2. The smallest absolute Gasteiger partial charge is 0.408 e. The van der Waals surface area contributed by atoms with Crippen LogP contribution in [0.3, 0.4) is 0 Å². The van der Waals surface area contributed by atoms with Crippen LogP contribution < -0.4 is 16.4 Å². The molecule has 2 unspecified atom stereocenters. The molecule has 0 radical (unpaired) electrons. The number of ether oxygens (including phenoxy) is 1. The fourth-order valence-electron chi connectivity index (χ4n) is 3.57. The molecule has 0 heterocycles. The van der Waals surface area contributed by atoms with Crippen LogP contribution in [0.15, 0.2) is 24.3 Å². The van der Waals surface area contributed by atoms with Gasteiger partial charge in [0.15, 0.2) is 0 Å². The Morgan fingerprint density at radius 1 is 1.11 bits per heavy atom. The van der Waals surface area contributed by atoms with E-state index >= 15 is 0 Å². The Kier molecular flexibility index (Phi) is 11.7. The number of amides is 4. The molecule has 1 aromatic carbocycles. The Hall–Kier alpha value is -3.10. The lowest BCUT2D eigenvalue weighted by Crippen LogP contribution is -2.54. The van der Waals surface area contributed by atoms with Crippen LogP contribution in [0.25, 0.3) is 0 Å². The molecule has 2 atom stereocenters. The van der Waals surface area contributed by atoms with Crippen molar-refractivity contribution in [3.8, 4) is 0 Å². The Labute approximate surface area is 209 Å². The first kappa shape index (κ1) is 29.9. The maximum absolute atomic E-state index is 13.9. The molecule has 0 bridgehead atoms. The maximum Gasteiger partial charge on any atom is 0.408 e. The number of carbonyl (C=O) groups is 4. The van der Waals surface area contributed by atoms with E-state index in [1.807, 2.05) is 52.0 Å². The van der Waals surface area contributed by atoms with Crippen molar-refractivity contribution in [1.29, 1.82) is 0 Å². The van der Waals surface area contributed by atoms with Crippen molar-refractivity contribution in [1.82, 2.24) is 15.5 Å². The van der Waals surface area contributed by atoms with Crippen LogP contribution >= 0.6 is 0 Å². The van der Waals surface area contributed by atoms with E-state index in [9.17, 15) is 19.2 Å². The minimum absolute atomic E-state index is 0.0115. The molecule has 0 spiro atoms. The molecule has 196 valence electrons. The van der Waals surface area contributed by atoms with Crippen molar-refractivity contribution in [3.05, 3.63) is 35.4 Å². The third-order valence-electron chi connectivity index (χ3n) is 5.05. The molecule has 0 aliphatic heterocycles. The molecule has 9 nitrogen and oxygen atoms in total. The number of primary amides is 1. The lowest BCUT2D eigenvalue weighted by atomic mass is 9.99. The molecule has 35 heavy (non-hydrogen) atoms. The Bertz CT molecular complexity index is 879. The van der Waals surface area contributed by atoms with Gasteiger partial charge in [-0.05, 0) is 59.9 Å². The minimum Gasteiger partial charge on any atom is -0.444 e. The molecule has 4 amide bonds. The number of rotatable bonds is 12. The third-order valence-corrected chi connectivity index (χ3v) is 5.05. The van der Waals surface area contributed by atoms with Gasteiger partial charge >= 0.3 is 6.09 Å². The highest BCUT2D eigenvalue weighted by atomic mass is 16.6. The van der Waals surface area contributed by atoms with E-state index in [2.05, 4.69) is 10.6 Å². The van der Waals surface area contributed by atoms with Crippen LogP contribution in [-0.4, -0.2) is 52.9 Å². The average molecular weight is 491 g/mol. The molecule has 0 aliphatic carbocycles. The van der Waals surface area contributed by atoms with Gasteiger partial charge in [0.2, 0.25) is 17.7 Å². The summed E-state index contributed by atoms with van der Waals surface area (Å²) in [5.74, 6) is -1.39. The summed E-state index contributed by atoms with van der Waals surface area (Å²) in [6.45, 7) is 13.0. The first-order valence-electron chi connectivity index (χ1n) is 12.2. The number of nitrogens with one attached hydrogen (secondary N) is 2. The average Bonchev–Trinajstić information content (AvgIpc) is 2.71.